The molecule has 0 spiro atoms. The van der Waals surface area contributed by atoms with Crippen LogP contribution in [-0.4, -0.2) is 19.4 Å². The first-order valence-corrected chi connectivity index (χ1v) is 9.54. The molecule has 24 heavy (non-hydrogen) atoms. The number of aliphatic hydroxyl groups excluding tert-OH is 1. The van der Waals surface area contributed by atoms with Gasteiger partial charge in [-0.15, -0.1) is 4.72 Å². The van der Waals surface area contributed by atoms with E-state index >= 15 is 0 Å². The van der Waals surface area contributed by atoms with Gasteiger partial charge in [-0.3, -0.25) is 4.98 Å². The number of nitrogens with one attached hydrogen (secondary N) is 1. The van der Waals surface area contributed by atoms with Crippen LogP contribution in [0.2, 0.25) is 0 Å². The molecule has 0 aliphatic heterocycles. The summed E-state index contributed by atoms with van der Waals surface area (Å²) in [6.07, 6.45) is 5.26. The number of rotatable bonds is 7. The van der Waals surface area contributed by atoms with Crippen LogP contribution in [-0.2, 0) is 17.9 Å². The maximum absolute atomic E-state index is 12.1. The quantitative estimate of drug-likeness (QED) is 0.426. The van der Waals surface area contributed by atoms with Gasteiger partial charge in [0.05, 0.1) is 18.0 Å². The molecule has 0 amide bonds. The van der Waals surface area contributed by atoms with Crippen molar-refractivity contribution in [2.24, 2.45) is 0 Å². The third-order valence-electron chi connectivity index (χ3n) is 3.66. The molecule has 4 nitrogen and oxygen atoms in total. The summed E-state index contributed by atoms with van der Waals surface area (Å²) in [6, 6.07) is 3.83. The van der Waals surface area contributed by atoms with Crippen molar-refractivity contribution in [3.8, 4) is 0 Å². The van der Waals surface area contributed by atoms with E-state index in [4.69, 9.17) is 0 Å². The van der Waals surface area contributed by atoms with Gasteiger partial charge in [-0.25, -0.2) is 0 Å². The summed E-state index contributed by atoms with van der Waals surface area (Å²) in [7, 11) is 0. The molecule has 0 saturated carbocycles. The van der Waals surface area contributed by atoms with Gasteiger partial charge in [-0.2, -0.15) is 0 Å². The molecule has 1 rings (SSSR count). The monoisotopic (exact) mass is 350 g/mol. The fraction of sp³-hybridized carbons (Fsp3) is 0.526. The Morgan fingerprint density at radius 1 is 1.33 bits per heavy atom. The Kier molecular flexibility index (Phi) is 8.00. The topological polar surface area (TPSA) is 68.2 Å². The number of aliphatic hydroxyl groups is 1. The van der Waals surface area contributed by atoms with E-state index in [1.807, 2.05) is 45.9 Å². The predicted molar refractivity (Wildman–Crippen MR) is 103 cm³/mol. The molecule has 1 aromatic heterocycles. The third-order valence-corrected chi connectivity index (χ3v) is 5.18. The van der Waals surface area contributed by atoms with Gasteiger partial charge >= 0.3 is 0 Å². The van der Waals surface area contributed by atoms with Crippen LogP contribution in [0.25, 0.3) is 5.57 Å². The Morgan fingerprint density at radius 3 is 2.54 bits per heavy atom. The van der Waals surface area contributed by atoms with Gasteiger partial charge in [0.2, 0.25) is 0 Å². The molecule has 0 saturated heterocycles. The second-order valence-electron chi connectivity index (χ2n) is 6.80. The van der Waals surface area contributed by atoms with Gasteiger partial charge in [-0.1, -0.05) is 25.5 Å². The van der Waals surface area contributed by atoms with E-state index < -0.39 is 11.4 Å². The highest BCUT2D eigenvalue weighted by molar-refractivity contribution is 7.90. The van der Waals surface area contributed by atoms with Crippen LogP contribution < -0.4 is 4.72 Å². The van der Waals surface area contributed by atoms with Gasteiger partial charge < -0.3 is 9.66 Å². The molecule has 0 aliphatic rings. The minimum atomic E-state index is -1.14. The van der Waals surface area contributed by atoms with Gasteiger partial charge in [0.25, 0.3) is 0 Å². The molecule has 134 valence electrons. The Bertz CT molecular complexity index is 604. The zero-order valence-electron chi connectivity index (χ0n) is 15.6. The van der Waals surface area contributed by atoms with E-state index in [9.17, 15) is 9.66 Å². The van der Waals surface area contributed by atoms with E-state index in [2.05, 4.69) is 23.6 Å². The predicted octanol–water partition coefficient (Wildman–Crippen LogP) is 4.67. The first-order chi connectivity index (χ1) is 11.2. The summed E-state index contributed by atoms with van der Waals surface area (Å²) in [5.41, 5.74) is 3.76. The normalized spacial score (nSPS) is 15.2. The number of hydrogen-bond acceptors (Lipinski definition) is 4. The zero-order valence-corrected chi connectivity index (χ0v) is 16.5. The van der Waals surface area contributed by atoms with E-state index in [1.54, 1.807) is 6.20 Å². The largest absolute Gasteiger partial charge is 0.598 e. The summed E-state index contributed by atoms with van der Waals surface area (Å²) in [5.74, 6) is 0.367. The molecular weight excluding hydrogens is 320 g/mol. The molecule has 1 atom stereocenters. The van der Waals surface area contributed by atoms with Crippen LogP contribution in [0.3, 0.4) is 0 Å². The van der Waals surface area contributed by atoms with Crippen molar-refractivity contribution in [3.63, 3.8) is 0 Å². The molecule has 5 heteroatoms. The van der Waals surface area contributed by atoms with Crippen molar-refractivity contribution in [1.29, 1.82) is 0 Å². The van der Waals surface area contributed by atoms with Crippen LogP contribution in [0, 0.1) is 0 Å². The minimum Gasteiger partial charge on any atom is -0.598 e. The fourth-order valence-corrected chi connectivity index (χ4v) is 2.68. The lowest BCUT2D eigenvalue weighted by Gasteiger charge is -2.23. The van der Waals surface area contributed by atoms with Crippen LogP contribution in [0.15, 0.2) is 35.7 Å². The van der Waals surface area contributed by atoms with Crippen LogP contribution in [0.5, 0.6) is 0 Å². The molecule has 0 bridgehead atoms. The Balaban J connectivity index is 3.05. The second kappa shape index (κ2) is 9.25. The highest BCUT2D eigenvalue weighted by Crippen LogP contribution is 2.23. The lowest BCUT2D eigenvalue weighted by Crippen LogP contribution is -2.39. The van der Waals surface area contributed by atoms with Crippen molar-refractivity contribution < 1.29 is 9.66 Å². The number of allylic oxidation sites excluding steroid dienone is 4. The van der Waals surface area contributed by atoms with Gasteiger partial charge in [0, 0.05) is 29.6 Å². The Labute approximate surface area is 149 Å². The van der Waals surface area contributed by atoms with Crippen molar-refractivity contribution >= 4 is 16.9 Å². The molecule has 2 N–H and O–H groups in total. The van der Waals surface area contributed by atoms with Crippen molar-refractivity contribution in [3.05, 3.63) is 47.0 Å². The average Bonchev–Trinajstić information content (AvgIpc) is 2.55. The SMILES string of the molecule is CC/C(C)=C\C(=C(\O)CC)c1ccnc(CN[S@@+]([O-])C(C)(C)C)c1. The average molecular weight is 351 g/mol. The van der Waals surface area contributed by atoms with Crippen LogP contribution in [0.4, 0.5) is 0 Å². The van der Waals surface area contributed by atoms with Crippen molar-refractivity contribution in [2.75, 3.05) is 0 Å². The first-order valence-electron chi connectivity index (χ1n) is 8.39. The van der Waals surface area contributed by atoms with Gasteiger partial charge in [-0.05, 0) is 51.8 Å². The number of pyridine rings is 1. The fourth-order valence-electron chi connectivity index (χ4n) is 1.97. The molecule has 0 aliphatic carbocycles. The summed E-state index contributed by atoms with van der Waals surface area (Å²) in [6.45, 7) is 12.3. The molecule has 1 heterocycles. The van der Waals surface area contributed by atoms with E-state index in [0.29, 0.717) is 18.7 Å². The summed E-state index contributed by atoms with van der Waals surface area (Å²) in [5, 5.41) is 10.3. The number of hydrogen-bond donors (Lipinski definition) is 2. The Morgan fingerprint density at radius 2 is 2.00 bits per heavy atom. The number of aromatic nitrogens is 1. The summed E-state index contributed by atoms with van der Waals surface area (Å²) in [4.78, 5) is 4.34. The minimum absolute atomic E-state index is 0.315. The summed E-state index contributed by atoms with van der Waals surface area (Å²) < 4.78 is 14.8. The molecule has 1 aromatic rings. The molecule has 0 unspecified atom stereocenters. The highest BCUT2D eigenvalue weighted by atomic mass is 32.2. The Hall–Kier alpha value is -1.30. The molecule has 0 aromatic carbocycles. The van der Waals surface area contributed by atoms with Gasteiger partial charge in [0.15, 0.2) is 0 Å². The third kappa shape index (κ3) is 6.30. The lowest BCUT2D eigenvalue weighted by molar-refractivity contribution is 0.398. The molecule has 0 radical (unpaired) electrons. The zero-order chi connectivity index (χ0) is 18.3. The van der Waals surface area contributed by atoms with E-state index in [0.717, 1.165) is 23.3 Å². The van der Waals surface area contributed by atoms with E-state index in [-0.39, 0.29) is 4.75 Å². The van der Waals surface area contributed by atoms with Crippen molar-refractivity contribution in [2.45, 2.75) is 65.7 Å². The standard InChI is InChI=1S/C19H30N2O2S/c1-7-14(3)11-17(18(22)8-2)15-9-10-20-16(12-15)13-21-24(23)19(4,5)6/h9-12,21-22H,7-8,13H2,1-6H3/b14-11-,18-17-/t24-/m0/s1. The highest BCUT2D eigenvalue weighted by Gasteiger charge is 2.26. The summed E-state index contributed by atoms with van der Waals surface area (Å²) >= 11 is -1.14. The van der Waals surface area contributed by atoms with E-state index in [1.165, 1.54) is 5.57 Å². The molecular formula is C19H30N2O2S. The van der Waals surface area contributed by atoms with Crippen LogP contribution in [0.1, 0.15) is 65.6 Å². The van der Waals surface area contributed by atoms with Crippen LogP contribution >= 0.6 is 0 Å². The maximum atomic E-state index is 12.1. The smallest absolute Gasteiger partial charge is 0.136 e. The maximum Gasteiger partial charge on any atom is 0.136 e. The van der Waals surface area contributed by atoms with Crippen molar-refractivity contribution in [1.82, 2.24) is 9.71 Å². The second-order valence-corrected chi connectivity index (χ2v) is 8.85. The first kappa shape index (κ1) is 20.7. The number of nitrogens with zero attached hydrogens (tertiary/aromatic N) is 1. The molecule has 0 fully saturated rings. The lowest BCUT2D eigenvalue weighted by atomic mass is 10.0. The van der Waals surface area contributed by atoms with Gasteiger partial charge in [0.1, 0.15) is 4.75 Å².